The molecule has 2 heterocycles. The molecule has 2 aromatic heterocycles. The van der Waals surface area contributed by atoms with E-state index in [1.807, 2.05) is 43.3 Å². The van der Waals surface area contributed by atoms with Crippen molar-refractivity contribution < 1.29 is 17.9 Å². The van der Waals surface area contributed by atoms with Crippen LogP contribution in [0.5, 0.6) is 11.9 Å². The van der Waals surface area contributed by atoms with Crippen molar-refractivity contribution in [3.8, 4) is 23.0 Å². The lowest BCUT2D eigenvalue weighted by Crippen LogP contribution is -2.17. The first-order valence-corrected chi connectivity index (χ1v) is 13.3. The Morgan fingerprint density at radius 2 is 1.54 bits per heavy atom. The molecule has 0 unspecified atom stereocenters. The highest BCUT2D eigenvalue weighted by atomic mass is 32.2. The van der Waals surface area contributed by atoms with Crippen LogP contribution in [0.25, 0.3) is 11.1 Å². The highest BCUT2D eigenvalue weighted by molar-refractivity contribution is 7.92. The molecule has 0 spiro atoms. The summed E-state index contributed by atoms with van der Waals surface area (Å²) in [4.78, 5) is 8.20. The lowest BCUT2D eigenvalue weighted by molar-refractivity contribution is 0.201. The number of ether oxygens (including phenoxy) is 2. The lowest BCUT2D eigenvalue weighted by Gasteiger charge is -2.19. The van der Waals surface area contributed by atoms with Crippen LogP contribution >= 0.6 is 0 Å². The van der Waals surface area contributed by atoms with E-state index in [4.69, 9.17) is 9.47 Å². The van der Waals surface area contributed by atoms with E-state index in [1.54, 1.807) is 37.6 Å². The van der Waals surface area contributed by atoms with Gasteiger partial charge in [-0.3, -0.25) is 4.72 Å². The molecular weight excluding hydrogens is 490 g/mol. The molecule has 10 heteroatoms. The first-order valence-electron chi connectivity index (χ1n) is 11.8. The average molecular weight is 522 g/mol. The van der Waals surface area contributed by atoms with Gasteiger partial charge in [0.25, 0.3) is 10.0 Å². The summed E-state index contributed by atoms with van der Waals surface area (Å²) >= 11 is 0. The number of sulfonamides is 1. The standard InChI is InChI=1S/C27H31N5O4S/c1-19-7-9-20(10-8-19)23-24(31-37(33,34)22-13-11-21(12-14-22)27(2,3)4)32(5)30-25(23)35-17-18-36-26-28-15-6-16-29-26/h6-16,31H,17-18H2,1-5H3. The van der Waals surface area contributed by atoms with E-state index >= 15 is 0 Å². The Balaban J connectivity index is 1.62. The zero-order valence-electron chi connectivity index (χ0n) is 21.6. The van der Waals surface area contributed by atoms with Gasteiger partial charge < -0.3 is 9.47 Å². The maximum absolute atomic E-state index is 13.4. The fourth-order valence-corrected chi connectivity index (χ4v) is 4.75. The molecule has 0 aliphatic rings. The van der Waals surface area contributed by atoms with Crippen LogP contribution in [0.3, 0.4) is 0 Å². The zero-order valence-corrected chi connectivity index (χ0v) is 22.4. The van der Waals surface area contributed by atoms with Gasteiger partial charge in [0.1, 0.15) is 19.0 Å². The number of nitrogens with zero attached hydrogens (tertiary/aromatic N) is 4. The molecule has 0 bridgehead atoms. The number of hydrogen-bond acceptors (Lipinski definition) is 7. The Hall–Kier alpha value is -3.92. The van der Waals surface area contributed by atoms with E-state index < -0.39 is 10.0 Å². The molecular formula is C27H31N5O4S. The third-order valence-electron chi connectivity index (χ3n) is 5.71. The minimum Gasteiger partial charge on any atom is -0.472 e. The number of rotatable bonds is 9. The van der Waals surface area contributed by atoms with Gasteiger partial charge in [0.2, 0.25) is 5.88 Å². The summed E-state index contributed by atoms with van der Waals surface area (Å²) in [5.74, 6) is 0.579. The van der Waals surface area contributed by atoms with Crippen LogP contribution in [-0.4, -0.2) is 41.4 Å². The Labute approximate surface area is 217 Å². The van der Waals surface area contributed by atoms with Crippen molar-refractivity contribution >= 4 is 15.8 Å². The number of hydrogen-bond donors (Lipinski definition) is 1. The quantitative estimate of drug-likeness (QED) is 0.317. The Kier molecular flexibility index (Phi) is 7.49. The second-order valence-corrected chi connectivity index (χ2v) is 11.3. The van der Waals surface area contributed by atoms with Gasteiger partial charge in [0.05, 0.1) is 10.5 Å². The molecule has 0 aliphatic carbocycles. The molecule has 0 saturated carbocycles. The summed E-state index contributed by atoms with van der Waals surface area (Å²) in [6, 6.07) is 16.6. The Morgan fingerprint density at radius 3 is 2.16 bits per heavy atom. The summed E-state index contributed by atoms with van der Waals surface area (Å²) in [7, 11) is -2.23. The van der Waals surface area contributed by atoms with Crippen LogP contribution in [-0.2, 0) is 22.5 Å². The highest BCUT2D eigenvalue weighted by Crippen LogP contribution is 2.37. The normalized spacial score (nSPS) is 11.8. The molecule has 194 valence electrons. The second-order valence-electron chi connectivity index (χ2n) is 9.63. The molecule has 37 heavy (non-hydrogen) atoms. The monoisotopic (exact) mass is 521 g/mol. The van der Waals surface area contributed by atoms with E-state index in [9.17, 15) is 8.42 Å². The van der Waals surface area contributed by atoms with Crippen molar-refractivity contribution in [2.45, 2.75) is 38.0 Å². The largest absolute Gasteiger partial charge is 0.472 e. The van der Waals surface area contributed by atoms with Crippen molar-refractivity contribution in [3.63, 3.8) is 0 Å². The molecule has 1 N–H and O–H groups in total. The van der Waals surface area contributed by atoms with E-state index in [2.05, 4.69) is 40.6 Å². The Bertz CT molecular complexity index is 1440. The molecule has 9 nitrogen and oxygen atoms in total. The summed E-state index contributed by atoms with van der Waals surface area (Å²) in [5.41, 5.74) is 3.34. The van der Waals surface area contributed by atoms with Gasteiger partial charge in [-0.25, -0.2) is 23.1 Å². The van der Waals surface area contributed by atoms with Crippen molar-refractivity contribution in [1.29, 1.82) is 0 Å². The van der Waals surface area contributed by atoms with E-state index in [1.165, 1.54) is 4.68 Å². The Morgan fingerprint density at radius 1 is 0.919 bits per heavy atom. The number of aryl methyl sites for hydroxylation is 2. The van der Waals surface area contributed by atoms with Gasteiger partial charge in [-0.15, -0.1) is 5.10 Å². The average Bonchev–Trinajstić information content (AvgIpc) is 3.16. The van der Waals surface area contributed by atoms with Crippen LogP contribution in [0.1, 0.15) is 31.9 Å². The SMILES string of the molecule is Cc1ccc(-c2c(OCCOc3ncccn3)nn(C)c2NS(=O)(=O)c2ccc(C(C)(C)C)cc2)cc1. The van der Waals surface area contributed by atoms with Gasteiger partial charge in [0, 0.05) is 19.4 Å². The summed E-state index contributed by atoms with van der Waals surface area (Å²) in [6.45, 7) is 8.58. The first kappa shape index (κ1) is 26.2. The predicted octanol–water partition coefficient (Wildman–Crippen LogP) is 4.74. The molecule has 2 aromatic carbocycles. The van der Waals surface area contributed by atoms with Crippen LogP contribution in [0, 0.1) is 6.92 Å². The molecule has 0 aliphatic heterocycles. The minimum atomic E-state index is -3.89. The van der Waals surface area contributed by atoms with Gasteiger partial charge in [0.15, 0.2) is 0 Å². The lowest BCUT2D eigenvalue weighted by atomic mass is 9.87. The fourth-order valence-electron chi connectivity index (χ4n) is 3.65. The van der Waals surface area contributed by atoms with Crippen LogP contribution in [0.4, 0.5) is 5.82 Å². The smallest absolute Gasteiger partial charge is 0.316 e. The molecule has 0 fully saturated rings. The topological polar surface area (TPSA) is 108 Å². The molecule has 4 aromatic rings. The number of aromatic nitrogens is 4. The predicted molar refractivity (Wildman–Crippen MR) is 142 cm³/mol. The fraction of sp³-hybridized carbons (Fsp3) is 0.296. The van der Waals surface area contributed by atoms with E-state index in [0.717, 1.165) is 16.7 Å². The van der Waals surface area contributed by atoms with Gasteiger partial charge in [-0.2, -0.15) is 0 Å². The molecule has 0 atom stereocenters. The van der Waals surface area contributed by atoms with Crippen molar-refractivity contribution in [1.82, 2.24) is 19.7 Å². The second kappa shape index (κ2) is 10.6. The summed E-state index contributed by atoms with van der Waals surface area (Å²) < 4.78 is 42.3. The van der Waals surface area contributed by atoms with Crippen molar-refractivity contribution in [2.75, 3.05) is 17.9 Å². The molecule has 0 radical (unpaired) electrons. The maximum Gasteiger partial charge on any atom is 0.316 e. The number of anilines is 1. The van der Waals surface area contributed by atoms with Gasteiger partial charge >= 0.3 is 6.01 Å². The van der Waals surface area contributed by atoms with Crippen LogP contribution < -0.4 is 14.2 Å². The molecule has 0 saturated heterocycles. The highest BCUT2D eigenvalue weighted by Gasteiger charge is 2.25. The minimum absolute atomic E-state index is 0.0844. The summed E-state index contributed by atoms with van der Waals surface area (Å²) in [6.07, 6.45) is 3.18. The molecule has 0 amide bonds. The van der Waals surface area contributed by atoms with Gasteiger partial charge in [-0.1, -0.05) is 62.7 Å². The van der Waals surface area contributed by atoms with Crippen molar-refractivity contribution in [3.05, 3.63) is 78.1 Å². The zero-order chi connectivity index (χ0) is 26.6. The molecule has 4 rings (SSSR count). The van der Waals surface area contributed by atoms with Crippen LogP contribution in [0.15, 0.2) is 71.9 Å². The van der Waals surface area contributed by atoms with E-state index in [0.29, 0.717) is 11.4 Å². The first-order chi connectivity index (χ1) is 17.5. The van der Waals surface area contributed by atoms with E-state index in [-0.39, 0.29) is 35.4 Å². The number of nitrogens with one attached hydrogen (secondary N) is 1. The summed E-state index contributed by atoms with van der Waals surface area (Å²) in [5, 5.41) is 4.46. The van der Waals surface area contributed by atoms with Crippen LogP contribution in [0.2, 0.25) is 0 Å². The maximum atomic E-state index is 13.4. The number of benzene rings is 2. The van der Waals surface area contributed by atoms with Crippen molar-refractivity contribution in [2.24, 2.45) is 7.05 Å². The third-order valence-corrected chi connectivity index (χ3v) is 7.07. The third kappa shape index (κ3) is 6.26. The van der Waals surface area contributed by atoms with Gasteiger partial charge in [-0.05, 0) is 41.7 Å².